The van der Waals surface area contributed by atoms with Crippen LogP contribution in [0.25, 0.3) is 33.2 Å². The summed E-state index contributed by atoms with van der Waals surface area (Å²) in [6, 6.07) is 17.9. The van der Waals surface area contributed by atoms with E-state index in [-0.39, 0.29) is 5.41 Å². The Morgan fingerprint density at radius 1 is 0.806 bits per heavy atom. The van der Waals surface area contributed by atoms with E-state index in [0.717, 1.165) is 18.5 Å². The zero-order chi connectivity index (χ0) is 21.8. The first kappa shape index (κ1) is 19.9. The summed E-state index contributed by atoms with van der Waals surface area (Å²) in [5, 5.41) is 2.60. The van der Waals surface area contributed by atoms with Crippen molar-refractivity contribution in [1.82, 2.24) is 9.97 Å². The minimum atomic E-state index is 0.0631. The van der Waals surface area contributed by atoms with E-state index in [1.54, 1.807) is 0 Å². The average Bonchev–Trinajstić information content (AvgIpc) is 2.76. The SMILES string of the molecule is CC(C)c1cc2c(cn1)-c1cc(-c3cc(C(C)(C)C)c4ccccc4c3)ncc1CC2. The largest absolute Gasteiger partial charge is 0.260 e. The van der Waals surface area contributed by atoms with Gasteiger partial charge in [0.1, 0.15) is 0 Å². The van der Waals surface area contributed by atoms with Gasteiger partial charge >= 0.3 is 0 Å². The number of rotatable bonds is 2. The first-order valence-corrected chi connectivity index (χ1v) is 11.3. The number of benzene rings is 2. The number of hydrogen-bond donors (Lipinski definition) is 0. The van der Waals surface area contributed by atoms with Crippen molar-refractivity contribution in [3.63, 3.8) is 0 Å². The van der Waals surface area contributed by atoms with Gasteiger partial charge in [-0.15, -0.1) is 0 Å². The predicted octanol–water partition coefficient (Wildman–Crippen LogP) is 7.48. The summed E-state index contributed by atoms with van der Waals surface area (Å²) >= 11 is 0. The van der Waals surface area contributed by atoms with Crippen molar-refractivity contribution in [2.75, 3.05) is 0 Å². The van der Waals surface area contributed by atoms with Crippen LogP contribution in [0.4, 0.5) is 0 Å². The van der Waals surface area contributed by atoms with Crippen LogP contribution in [0.15, 0.2) is 60.9 Å². The number of aromatic nitrogens is 2. The maximum Gasteiger partial charge on any atom is 0.0708 e. The highest BCUT2D eigenvalue weighted by atomic mass is 14.7. The standard InChI is InChI=1S/C29H30N2/c1-18(2)27-14-20-10-11-21-16-30-28(15-24(21)25(20)17-31-27)22-12-19-8-6-7-9-23(19)26(13-22)29(3,4)5/h6-9,12-18H,10-11H2,1-5H3. The highest BCUT2D eigenvalue weighted by Crippen LogP contribution is 2.38. The van der Waals surface area contributed by atoms with E-state index in [1.807, 2.05) is 0 Å². The lowest BCUT2D eigenvalue weighted by atomic mass is 9.82. The molecule has 5 rings (SSSR count). The quantitative estimate of drug-likeness (QED) is 0.345. The van der Waals surface area contributed by atoms with E-state index in [9.17, 15) is 0 Å². The summed E-state index contributed by atoms with van der Waals surface area (Å²) in [7, 11) is 0. The minimum Gasteiger partial charge on any atom is -0.260 e. The van der Waals surface area contributed by atoms with Crippen LogP contribution in [0, 0.1) is 0 Å². The van der Waals surface area contributed by atoms with E-state index in [1.165, 1.54) is 49.8 Å². The Morgan fingerprint density at radius 3 is 2.35 bits per heavy atom. The summed E-state index contributed by atoms with van der Waals surface area (Å²) in [6.45, 7) is 11.3. The molecule has 0 unspecified atom stereocenters. The van der Waals surface area contributed by atoms with Gasteiger partial charge in [0, 0.05) is 29.2 Å². The fraction of sp³-hybridized carbons (Fsp3) is 0.310. The molecular formula is C29H30N2. The molecule has 31 heavy (non-hydrogen) atoms. The normalized spacial score (nSPS) is 13.4. The van der Waals surface area contributed by atoms with Crippen LogP contribution in [0.1, 0.15) is 62.9 Å². The lowest BCUT2D eigenvalue weighted by Gasteiger charge is -2.24. The predicted molar refractivity (Wildman–Crippen MR) is 131 cm³/mol. The molecule has 0 radical (unpaired) electrons. The highest BCUT2D eigenvalue weighted by molar-refractivity contribution is 5.91. The molecule has 2 nitrogen and oxygen atoms in total. The fourth-order valence-corrected chi connectivity index (χ4v) is 4.72. The van der Waals surface area contributed by atoms with Crippen LogP contribution >= 0.6 is 0 Å². The highest BCUT2D eigenvalue weighted by Gasteiger charge is 2.21. The molecule has 1 aliphatic carbocycles. The number of nitrogens with zero attached hydrogens (tertiary/aromatic N) is 2. The zero-order valence-corrected chi connectivity index (χ0v) is 19.2. The Hall–Kier alpha value is -3.00. The second-order valence-corrected chi connectivity index (χ2v) is 10.1. The Labute approximate surface area is 185 Å². The van der Waals surface area contributed by atoms with Gasteiger partial charge in [0.2, 0.25) is 0 Å². The molecule has 0 amide bonds. The molecule has 2 aromatic carbocycles. The second-order valence-electron chi connectivity index (χ2n) is 10.1. The Bertz CT molecular complexity index is 1290. The van der Waals surface area contributed by atoms with Gasteiger partial charge in [0.05, 0.1) is 5.69 Å². The third kappa shape index (κ3) is 3.54. The van der Waals surface area contributed by atoms with E-state index in [0.29, 0.717) is 5.92 Å². The average molecular weight is 407 g/mol. The molecule has 0 saturated carbocycles. The number of aryl methyl sites for hydroxylation is 2. The third-order valence-corrected chi connectivity index (χ3v) is 6.51. The molecule has 156 valence electrons. The van der Waals surface area contributed by atoms with Crippen LogP contribution in [0.2, 0.25) is 0 Å². The first-order chi connectivity index (χ1) is 14.8. The van der Waals surface area contributed by atoms with E-state index in [2.05, 4.69) is 95.5 Å². The number of fused-ring (bicyclic) bond motifs is 4. The monoisotopic (exact) mass is 406 g/mol. The summed E-state index contributed by atoms with van der Waals surface area (Å²) in [5.41, 5.74) is 10.1. The molecule has 4 aromatic rings. The number of hydrogen-bond acceptors (Lipinski definition) is 2. The molecule has 0 bridgehead atoms. The molecule has 2 aromatic heterocycles. The Kier molecular flexibility index (Phi) is 4.69. The summed E-state index contributed by atoms with van der Waals surface area (Å²) in [4.78, 5) is 9.65. The molecule has 1 aliphatic rings. The lowest BCUT2D eigenvalue weighted by Crippen LogP contribution is -2.12. The molecule has 0 aliphatic heterocycles. The lowest BCUT2D eigenvalue weighted by molar-refractivity contribution is 0.596. The van der Waals surface area contributed by atoms with Gasteiger partial charge in [-0.05, 0) is 81.5 Å². The van der Waals surface area contributed by atoms with E-state index in [4.69, 9.17) is 9.97 Å². The Balaban J connectivity index is 1.67. The van der Waals surface area contributed by atoms with Gasteiger partial charge in [-0.2, -0.15) is 0 Å². The van der Waals surface area contributed by atoms with E-state index < -0.39 is 0 Å². The van der Waals surface area contributed by atoms with Gasteiger partial charge in [0.15, 0.2) is 0 Å². The Morgan fingerprint density at radius 2 is 1.58 bits per heavy atom. The van der Waals surface area contributed by atoms with Crippen LogP contribution in [0.3, 0.4) is 0 Å². The molecule has 0 spiro atoms. The molecular weight excluding hydrogens is 376 g/mol. The molecule has 0 saturated heterocycles. The van der Waals surface area contributed by atoms with Crippen molar-refractivity contribution in [2.45, 2.75) is 58.8 Å². The minimum absolute atomic E-state index is 0.0631. The van der Waals surface area contributed by atoms with Gasteiger partial charge in [-0.1, -0.05) is 58.9 Å². The van der Waals surface area contributed by atoms with E-state index >= 15 is 0 Å². The fourth-order valence-electron chi connectivity index (χ4n) is 4.72. The van der Waals surface area contributed by atoms with Crippen molar-refractivity contribution >= 4 is 10.8 Å². The van der Waals surface area contributed by atoms with Gasteiger partial charge in [0.25, 0.3) is 0 Å². The van der Waals surface area contributed by atoms with Crippen LogP contribution < -0.4 is 0 Å². The topological polar surface area (TPSA) is 25.8 Å². The number of pyridine rings is 2. The van der Waals surface area contributed by atoms with Gasteiger partial charge < -0.3 is 0 Å². The smallest absolute Gasteiger partial charge is 0.0708 e. The van der Waals surface area contributed by atoms with Crippen molar-refractivity contribution in [2.24, 2.45) is 0 Å². The van der Waals surface area contributed by atoms with Crippen molar-refractivity contribution in [3.05, 3.63) is 83.3 Å². The molecule has 2 heteroatoms. The molecule has 0 atom stereocenters. The molecule has 0 fully saturated rings. The van der Waals surface area contributed by atoms with Crippen LogP contribution in [-0.2, 0) is 18.3 Å². The van der Waals surface area contributed by atoms with Crippen molar-refractivity contribution in [1.29, 1.82) is 0 Å². The van der Waals surface area contributed by atoms with Crippen LogP contribution in [-0.4, -0.2) is 9.97 Å². The zero-order valence-electron chi connectivity index (χ0n) is 19.2. The summed E-state index contributed by atoms with van der Waals surface area (Å²) < 4.78 is 0. The maximum atomic E-state index is 4.89. The first-order valence-electron chi connectivity index (χ1n) is 11.3. The van der Waals surface area contributed by atoms with Crippen LogP contribution in [0.5, 0.6) is 0 Å². The third-order valence-electron chi connectivity index (χ3n) is 6.51. The van der Waals surface area contributed by atoms with Gasteiger partial charge in [-0.3, -0.25) is 9.97 Å². The van der Waals surface area contributed by atoms with Gasteiger partial charge in [-0.25, -0.2) is 0 Å². The molecule has 0 N–H and O–H groups in total. The van der Waals surface area contributed by atoms with Crippen molar-refractivity contribution < 1.29 is 0 Å². The second kappa shape index (κ2) is 7.30. The molecule has 2 heterocycles. The summed E-state index contributed by atoms with van der Waals surface area (Å²) in [5.74, 6) is 0.452. The maximum absolute atomic E-state index is 4.89. The van der Waals surface area contributed by atoms with Crippen molar-refractivity contribution in [3.8, 4) is 22.4 Å². The summed E-state index contributed by atoms with van der Waals surface area (Å²) in [6.07, 6.45) is 6.27.